The molecular weight excluding hydrogens is 382 g/mol. The van der Waals surface area contributed by atoms with Gasteiger partial charge in [-0.05, 0) is 34.9 Å². The van der Waals surface area contributed by atoms with Gasteiger partial charge in [-0.3, -0.25) is 9.80 Å². The molecule has 0 saturated carbocycles. The number of hydrogen-bond acceptors (Lipinski definition) is 4. The largest absolute Gasteiger partial charge is 0.497 e. The first-order valence-corrected chi connectivity index (χ1v) is 11.2. The molecule has 0 aliphatic carbocycles. The topological polar surface area (TPSA) is 19.0 Å². The zero-order valence-corrected chi connectivity index (χ0v) is 18.3. The van der Waals surface area contributed by atoms with Gasteiger partial charge in [0.25, 0.3) is 0 Å². The molecular formula is C27H31N3O. The molecule has 0 bridgehead atoms. The number of nitrogens with zero attached hydrogens (tertiary/aromatic N) is 3. The Morgan fingerprint density at radius 3 is 2.23 bits per heavy atom. The average Bonchev–Trinajstić information content (AvgIpc) is 2.96. The van der Waals surface area contributed by atoms with E-state index in [4.69, 9.17) is 4.74 Å². The number of benzene rings is 3. The highest BCUT2D eigenvalue weighted by atomic mass is 16.5. The maximum Gasteiger partial charge on any atom is 0.118 e. The molecule has 1 fully saturated rings. The van der Waals surface area contributed by atoms with Crippen LogP contribution >= 0.6 is 0 Å². The van der Waals surface area contributed by atoms with Crippen molar-refractivity contribution in [3.63, 3.8) is 0 Å². The van der Waals surface area contributed by atoms with Gasteiger partial charge in [-0.2, -0.15) is 0 Å². The third-order valence-electron chi connectivity index (χ3n) is 6.55. The monoisotopic (exact) mass is 413 g/mol. The van der Waals surface area contributed by atoms with Gasteiger partial charge in [-0.15, -0.1) is 0 Å². The van der Waals surface area contributed by atoms with Crippen LogP contribution in [-0.4, -0.2) is 49.1 Å². The molecule has 1 unspecified atom stereocenters. The van der Waals surface area contributed by atoms with E-state index in [9.17, 15) is 0 Å². The van der Waals surface area contributed by atoms with Crippen LogP contribution in [0.25, 0.3) is 0 Å². The molecule has 160 valence electrons. The van der Waals surface area contributed by atoms with E-state index in [-0.39, 0.29) is 0 Å². The molecule has 1 atom stereocenters. The minimum atomic E-state index is 0.499. The normalized spacial score (nSPS) is 19.4. The predicted octanol–water partition coefficient (Wildman–Crippen LogP) is 4.40. The van der Waals surface area contributed by atoms with Crippen LogP contribution in [-0.2, 0) is 19.6 Å². The molecule has 31 heavy (non-hydrogen) atoms. The van der Waals surface area contributed by atoms with Crippen molar-refractivity contribution >= 4 is 5.69 Å². The first-order chi connectivity index (χ1) is 15.3. The molecule has 2 aliphatic heterocycles. The lowest BCUT2D eigenvalue weighted by atomic mass is 10.1. The lowest BCUT2D eigenvalue weighted by Crippen LogP contribution is -2.55. The van der Waals surface area contributed by atoms with E-state index in [0.29, 0.717) is 6.04 Å². The number of piperazine rings is 1. The number of para-hydroxylation sites is 1. The van der Waals surface area contributed by atoms with E-state index >= 15 is 0 Å². The van der Waals surface area contributed by atoms with Gasteiger partial charge in [0.2, 0.25) is 0 Å². The molecule has 2 aliphatic rings. The van der Waals surface area contributed by atoms with Gasteiger partial charge in [0.05, 0.1) is 13.2 Å². The Labute approximate surface area is 185 Å². The van der Waals surface area contributed by atoms with Crippen molar-refractivity contribution in [2.75, 3.05) is 38.2 Å². The number of methoxy groups -OCH3 is 1. The van der Waals surface area contributed by atoms with Gasteiger partial charge in [-0.25, -0.2) is 0 Å². The first kappa shape index (κ1) is 20.1. The van der Waals surface area contributed by atoms with Crippen molar-refractivity contribution in [3.8, 4) is 5.75 Å². The van der Waals surface area contributed by atoms with Crippen molar-refractivity contribution in [2.24, 2.45) is 0 Å². The summed E-state index contributed by atoms with van der Waals surface area (Å²) in [5.74, 6) is 0.917. The Morgan fingerprint density at radius 2 is 1.42 bits per heavy atom. The van der Waals surface area contributed by atoms with Crippen LogP contribution in [0, 0.1) is 0 Å². The molecule has 0 N–H and O–H groups in total. The second kappa shape index (κ2) is 9.13. The Bertz CT molecular complexity index is 989. The maximum atomic E-state index is 5.33. The van der Waals surface area contributed by atoms with E-state index < -0.39 is 0 Å². The smallest absolute Gasteiger partial charge is 0.118 e. The van der Waals surface area contributed by atoms with Gasteiger partial charge in [-0.1, -0.05) is 60.7 Å². The first-order valence-electron chi connectivity index (χ1n) is 11.2. The molecule has 2 heterocycles. The summed E-state index contributed by atoms with van der Waals surface area (Å²) in [4.78, 5) is 7.89. The van der Waals surface area contributed by atoms with Crippen molar-refractivity contribution < 1.29 is 4.74 Å². The van der Waals surface area contributed by atoms with E-state index in [0.717, 1.165) is 51.6 Å². The summed E-state index contributed by atoms with van der Waals surface area (Å²) in [5.41, 5.74) is 5.60. The minimum Gasteiger partial charge on any atom is -0.497 e. The summed E-state index contributed by atoms with van der Waals surface area (Å²) in [6, 6.07) is 28.9. The van der Waals surface area contributed by atoms with Crippen molar-refractivity contribution in [3.05, 3.63) is 95.6 Å². The molecule has 0 radical (unpaired) electrons. The second-order valence-corrected chi connectivity index (χ2v) is 8.71. The fourth-order valence-electron chi connectivity index (χ4n) is 5.02. The summed E-state index contributed by atoms with van der Waals surface area (Å²) in [7, 11) is 1.72. The van der Waals surface area contributed by atoms with Crippen molar-refractivity contribution in [2.45, 2.75) is 25.7 Å². The summed E-state index contributed by atoms with van der Waals surface area (Å²) in [5, 5.41) is 0. The van der Waals surface area contributed by atoms with Gasteiger partial charge in [0.1, 0.15) is 5.75 Å². The number of rotatable bonds is 5. The molecule has 1 saturated heterocycles. The molecule has 0 amide bonds. The van der Waals surface area contributed by atoms with Gasteiger partial charge < -0.3 is 9.64 Å². The highest BCUT2D eigenvalue weighted by molar-refractivity contribution is 5.56. The zero-order chi connectivity index (χ0) is 21.0. The number of ether oxygens (including phenoxy) is 1. The fraction of sp³-hybridized carbons (Fsp3) is 0.333. The van der Waals surface area contributed by atoms with E-state index in [1.807, 2.05) is 0 Å². The summed E-state index contributed by atoms with van der Waals surface area (Å²) in [6.45, 7) is 7.36. The zero-order valence-electron chi connectivity index (χ0n) is 18.3. The average molecular weight is 414 g/mol. The van der Waals surface area contributed by atoms with Gasteiger partial charge in [0.15, 0.2) is 0 Å². The molecule has 3 aromatic rings. The standard InChI is InChI=1S/C27H31N3O/c1-31-26-13-11-23(12-14-26)18-29-19-24-9-5-6-10-27(24)30-16-15-28(20-25(30)21-29)17-22-7-3-2-4-8-22/h2-14,25H,15-21H2,1H3. The van der Waals surface area contributed by atoms with E-state index in [1.165, 1.54) is 22.4 Å². The molecule has 4 nitrogen and oxygen atoms in total. The van der Waals surface area contributed by atoms with Crippen LogP contribution in [0.3, 0.4) is 0 Å². The molecule has 5 rings (SSSR count). The van der Waals surface area contributed by atoms with Gasteiger partial charge in [0, 0.05) is 51.5 Å². The number of fused-ring (bicyclic) bond motifs is 3. The van der Waals surface area contributed by atoms with Crippen LogP contribution in [0.4, 0.5) is 5.69 Å². The quantitative estimate of drug-likeness (QED) is 0.617. The Hall–Kier alpha value is -2.82. The van der Waals surface area contributed by atoms with Crippen LogP contribution < -0.4 is 9.64 Å². The Kier molecular flexibility index (Phi) is 5.92. The van der Waals surface area contributed by atoms with Crippen molar-refractivity contribution in [1.29, 1.82) is 0 Å². The van der Waals surface area contributed by atoms with Crippen LogP contribution in [0.5, 0.6) is 5.75 Å². The summed E-state index contributed by atoms with van der Waals surface area (Å²) < 4.78 is 5.33. The molecule has 0 aromatic heterocycles. The lowest BCUT2D eigenvalue weighted by Gasteiger charge is -2.43. The van der Waals surface area contributed by atoms with E-state index in [2.05, 4.69) is 93.6 Å². The van der Waals surface area contributed by atoms with Crippen LogP contribution in [0.2, 0.25) is 0 Å². The number of anilines is 1. The fourth-order valence-corrected chi connectivity index (χ4v) is 5.02. The minimum absolute atomic E-state index is 0.499. The Balaban J connectivity index is 1.36. The van der Waals surface area contributed by atoms with Crippen molar-refractivity contribution in [1.82, 2.24) is 9.80 Å². The molecule has 4 heteroatoms. The molecule has 0 spiro atoms. The SMILES string of the molecule is COc1ccc(CN2Cc3ccccc3N3CCN(Cc4ccccc4)CC3C2)cc1. The highest BCUT2D eigenvalue weighted by Crippen LogP contribution is 2.31. The number of hydrogen-bond donors (Lipinski definition) is 0. The third kappa shape index (κ3) is 4.60. The van der Waals surface area contributed by atoms with E-state index in [1.54, 1.807) is 7.11 Å². The van der Waals surface area contributed by atoms with Crippen LogP contribution in [0.15, 0.2) is 78.9 Å². The van der Waals surface area contributed by atoms with Gasteiger partial charge >= 0.3 is 0 Å². The summed E-state index contributed by atoms with van der Waals surface area (Å²) in [6.07, 6.45) is 0. The molecule has 3 aromatic carbocycles. The third-order valence-corrected chi connectivity index (χ3v) is 6.55. The Morgan fingerprint density at radius 1 is 0.742 bits per heavy atom. The van der Waals surface area contributed by atoms with Crippen LogP contribution in [0.1, 0.15) is 16.7 Å². The highest BCUT2D eigenvalue weighted by Gasteiger charge is 2.32. The summed E-state index contributed by atoms with van der Waals surface area (Å²) >= 11 is 0. The predicted molar refractivity (Wildman–Crippen MR) is 126 cm³/mol. The maximum absolute atomic E-state index is 5.33. The lowest BCUT2D eigenvalue weighted by molar-refractivity contribution is 0.172. The second-order valence-electron chi connectivity index (χ2n) is 8.71.